The molecule has 5 aromatic rings. The number of rotatable bonds is 6. The molecule has 0 spiro atoms. The lowest BCUT2D eigenvalue weighted by molar-refractivity contribution is 0.340. The van der Waals surface area contributed by atoms with Gasteiger partial charge in [0, 0.05) is 17.8 Å². The molecule has 5 rings (SSSR count). The van der Waals surface area contributed by atoms with Crippen molar-refractivity contribution in [1.29, 1.82) is 0 Å². The number of ether oxygens (including phenoxy) is 2. The first-order valence-corrected chi connectivity index (χ1v) is 10.7. The Labute approximate surface area is 186 Å². The SMILES string of the molecule is CCOc1ccc(-n2c(C)c(C)c3c2ncn2nc(Cc4ccc(OC)cc4)nc32)cc1. The third-order valence-corrected chi connectivity index (χ3v) is 5.80. The van der Waals surface area contributed by atoms with Gasteiger partial charge in [0.1, 0.15) is 17.8 Å². The van der Waals surface area contributed by atoms with Crippen molar-refractivity contribution < 1.29 is 9.47 Å². The van der Waals surface area contributed by atoms with E-state index in [0.29, 0.717) is 13.0 Å². The minimum Gasteiger partial charge on any atom is -0.497 e. The van der Waals surface area contributed by atoms with Crippen LogP contribution in [0.3, 0.4) is 0 Å². The molecule has 32 heavy (non-hydrogen) atoms. The second-order valence-corrected chi connectivity index (χ2v) is 7.74. The van der Waals surface area contributed by atoms with Gasteiger partial charge in [0.05, 0.1) is 19.1 Å². The number of nitrogens with zero attached hydrogens (tertiary/aromatic N) is 5. The first-order chi connectivity index (χ1) is 15.6. The van der Waals surface area contributed by atoms with Gasteiger partial charge >= 0.3 is 0 Å². The van der Waals surface area contributed by atoms with Crippen molar-refractivity contribution in [2.24, 2.45) is 0 Å². The molecule has 0 atom stereocenters. The molecule has 0 aliphatic heterocycles. The molecule has 2 aromatic carbocycles. The summed E-state index contributed by atoms with van der Waals surface area (Å²) in [5.41, 5.74) is 6.15. The summed E-state index contributed by atoms with van der Waals surface area (Å²) in [6.45, 7) is 6.85. The van der Waals surface area contributed by atoms with E-state index in [9.17, 15) is 0 Å². The van der Waals surface area contributed by atoms with Gasteiger partial charge in [-0.3, -0.25) is 4.57 Å². The van der Waals surface area contributed by atoms with Crippen LogP contribution in [-0.2, 0) is 6.42 Å². The molecule has 0 fully saturated rings. The largest absolute Gasteiger partial charge is 0.497 e. The molecule has 0 aliphatic carbocycles. The van der Waals surface area contributed by atoms with Crippen LogP contribution >= 0.6 is 0 Å². The summed E-state index contributed by atoms with van der Waals surface area (Å²) in [5.74, 6) is 2.46. The number of fused-ring (bicyclic) bond motifs is 3. The Balaban J connectivity index is 1.58. The lowest BCUT2D eigenvalue weighted by Gasteiger charge is -2.09. The zero-order valence-electron chi connectivity index (χ0n) is 18.7. The summed E-state index contributed by atoms with van der Waals surface area (Å²) in [4.78, 5) is 9.62. The third kappa shape index (κ3) is 3.36. The van der Waals surface area contributed by atoms with Crippen LogP contribution in [0.2, 0.25) is 0 Å². The van der Waals surface area contributed by atoms with Crippen LogP contribution in [0.4, 0.5) is 0 Å². The fraction of sp³-hybridized carbons (Fsp3) is 0.240. The average Bonchev–Trinajstić information content (AvgIpc) is 3.33. The lowest BCUT2D eigenvalue weighted by atomic mass is 10.1. The molecule has 0 saturated carbocycles. The van der Waals surface area contributed by atoms with E-state index in [4.69, 9.17) is 19.4 Å². The Kier molecular flexibility index (Phi) is 5.01. The maximum Gasteiger partial charge on any atom is 0.168 e. The zero-order valence-corrected chi connectivity index (χ0v) is 18.7. The minimum atomic E-state index is 0.644. The van der Waals surface area contributed by atoms with Crippen LogP contribution in [0.1, 0.15) is 29.6 Å². The molecule has 3 heterocycles. The lowest BCUT2D eigenvalue weighted by Crippen LogP contribution is -2.00. The number of hydrogen-bond donors (Lipinski definition) is 0. The molecule has 0 bridgehead atoms. The predicted molar refractivity (Wildman–Crippen MR) is 124 cm³/mol. The zero-order chi connectivity index (χ0) is 22.2. The third-order valence-electron chi connectivity index (χ3n) is 5.80. The Hall–Kier alpha value is -3.87. The van der Waals surface area contributed by atoms with Gasteiger partial charge in [0.25, 0.3) is 0 Å². The quantitative estimate of drug-likeness (QED) is 0.394. The summed E-state index contributed by atoms with van der Waals surface area (Å²) in [6.07, 6.45) is 2.39. The average molecular weight is 428 g/mol. The van der Waals surface area contributed by atoms with Crippen LogP contribution < -0.4 is 9.47 Å². The van der Waals surface area contributed by atoms with Crippen LogP contribution in [0, 0.1) is 13.8 Å². The highest BCUT2D eigenvalue weighted by Crippen LogP contribution is 2.30. The molecule has 7 heteroatoms. The van der Waals surface area contributed by atoms with Crippen LogP contribution in [-0.4, -0.2) is 37.9 Å². The number of methoxy groups -OCH3 is 1. The van der Waals surface area contributed by atoms with Gasteiger partial charge in [-0.25, -0.2) is 14.5 Å². The Morgan fingerprint density at radius 3 is 2.31 bits per heavy atom. The molecule has 0 N–H and O–H groups in total. The molecule has 0 unspecified atom stereocenters. The van der Waals surface area contributed by atoms with E-state index < -0.39 is 0 Å². The van der Waals surface area contributed by atoms with E-state index in [-0.39, 0.29) is 0 Å². The number of aromatic nitrogens is 5. The van der Waals surface area contributed by atoms with Gasteiger partial charge in [0.2, 0.25) is 0 Å². The van der Waals surface area contributed by atoms with Crippen molar-refractivity contribution in [2.75, 3.05) is 13.7 Å². The van der Waals surface area contributed by atoms with Crippen LogP contribution in [0.5, 0.6) is 11.5 Å². The van der Waals surface area contributed by atoms with Crippen molar-refractivity contribution in [3.63, 3.8) is 0 Å². The van der Waals surface area contributed by atoms with E-state index in [1.807, 2.05) is 43.3 Å². The normalized spacial score (nSPS) is 11.4. The maximum atomic E-state index is 5.59. The fourth-order valence-electron chi connectivity index (χ4n) is 4.08. The minimum absolute atomic E-state index is 0.644. The summed E-state index contributed by atoms with van der Waals surface area (Å²) in [5, 5.41) is 5.69. The van der Waals surface area contributed by atoms with E-state index in [1.54, 1.807) is 18.0 Å². The second-order valence-electron chi connectivity index (χ2n) is 7.74. The highest BCUT2D eigenvalue weighted by atomic mass is 16.5. The molecule has 0 radical (unpaired) electrons. The molecular weight excluding hydrogens is 402 g/mol. The Morgan fingerprint density at radius 2 is 1.62 bits per heavy atom. The molecule has 7 nitrogen and oxygen atoms in total. The summed E-state index contributed by atoms with van der Waals surface area (Å²) >= 11 is 0. The van der Waals surface area contributed by atoms with Crippen LogP contribution in [0.25, 0.3) is 22.4 Å². The number of hydrogen-bond acceptors (Lipinski definition) is 5. The maximum absolute atomic E-state index is 5.59. The standard InChI is InChI=1S/C25H25N5O2/c1-5-32-21-12-8-19(9-13-21)30-17(3)16(2)23-24(30)26-15-29-25(23)27-22(28-29)14-18-6-10-20(31-4)11-7-18/h6-13,15H,5,14H2,1-4H3. The van der Waals surface area contributed by atoms with Crippen molar-refractivity contribution in [1.82, 2.24) is 24.1 Å². The smallest absolute Gasteiger partial charge is 0.168 e. The first-order valence-electron chi connectivity index (χ1n) is 10.7. The second kappa shape index (κ2) is 8.00. The topological polar surface area (TPSA) is 66.5 Å². The molecular formula is C25H25N5O2. The molecule has 3 aromatic heterocycles. The molecule has 0 saturated heterocycles. The van der Waals surface area contributed by atoms with E-state index >= 15 is 0 Å². The number of aryl methyl sites for hydroxylation is 1. The van der Waals surface area contributed by atoms with Crippen molar-refractivity contribution in [2.45, 2.75) is 27.2 Å². The fourth-order valence-corrected chi connectivity index (χ4v) is 4.08. The van der Waals surface area contributed by atoms with Gasteiger partial charge in [0.15, 0.2) is 17.1 Å². The summed E-state index contributed by atoms with van der Waals surface area (Å²) in [7, 11) is 1.67. The highest BCUT2D eigenvalue weighted by Gasteiger charge is 2.19. The van der Waals surface area contributed by atoms with E-state index in [1.165, 1.54) is 0 Å². The molecule has 0 amide bonds. The Morgan fingerprint density at radius 1 is 0.906 bits per heavy atom. The van der Waals surface area contributed by atoms with Gasteiger partial charge in [-0.1, -0.05) is 12.1 Å². The van der Waals surface area contributed by atoms with E-state index in [2.05, 4.69) is 35.6 Å². The summed E-state index contributed by atoms with van der Waals surface area (Å²) in [6, 6.07) is 16.1. The monoisotopic (exact) mass is 427 g/mol. The predicted octanol–water partition coefficient (Wildman–Crippen LogP) is 4.68. The highest BCUT2D eigenvalue weighted by molar-refractivity contribution is 5.95. The first kappa shape index (κ1) is 20.1. The Bertz CT molecular complexity index is 1400. The van der Waals surface area contributed by atoms with E-state index in [0.717, 1.165) is 56.5 Å². The van der Waals surface area contributed by atoms with Gasteiger partial charge in [-0.2, -0.15) is 0 Å². The van der Waals surface area contributed by atoms with Crippen molar-refractivity contribution >= 4 is 16.7 Å². The summed E-state index contributed by atoms with van der Waals surface area (Å²) < 4.78 is 14.8. The molecule has 162 valence electrons. The van der Waals surface area contributed by atoms with Crippen molar-refractivity contribution in [3.8, 4) is 17.2 Å². The van der Waals surface area contributed by atoms with Crippen molar-refractivity contribution in [3.05, 3.63) is 77.5 Å². The van der Waals surface area contributed by atoms with Gasteiger partial charge < -0.3 is 9.47 Å². The number of benzene rings is 2. The van der Waals surface area contributed by atoms with Gasteiger partial charge in [-0.05, 0) is 68.3 Å². The molecule has 0 aliphatic rings. The van der Waals surface area contributed by atoms with Crippen LogP contribution in [0.15, 0.2) is 54.9 Å². The van der Waals surface area contributed by atoms with Gasteiger partial charge in [-0.15, -0.1) is 5.10 Å².